The van der Waals surface area contributed by atoms with Crippen LogP contribution in [0.2, 0.25) is 0 Å². The van der Waals surface area contributed by atoms with E-state index in [0.717, 1.165) is 24.1 Å². The van der Waals surface area contributed by atoms with E-state index < -0.39 is 11.7 Å². The molecule has 0 nitrogen and oxygen atoms in total. The number of alkyl halides is 3. The largest absolute Gasteiger partial charge is 0.416 e. The summed E-state index contributed by atoms with van der Waals surface area (Å²) in [5.41, 5.74) is 0.450. The summed E-state index contributed by atoms with van der Waals surface area (Å²) < 4.78 is 36.6. The second-order valence-electron chi connectivity index (χ2n) is 2.90. The third-order valence-corrected chi connectivity index (χ3v) is 1.96. The van der Waals surface area contributed by atoms with Crippen LogP contribution in [0.4, 0.5) is 13.2 Å². The lowest BCUT2D eigenvalue weighted by atomic mass is 10.1. The zero-order chi connectivity index (χ0) is 11.9. The molecule has 1 aliphatic rings. The molecule has 0 heterocycles. The highest BCUT2D eigenvalue weighted by atomic mass is 19.4. The maximum atomic E-state index is 12.2. The first-order valence-corrected chi connectivity index (χ1v) is 5.17. The number of hydrogen-bond acceptors (Lipinski definition) is 0. The predicted molar refractivity (Wildman–Crippen MR) is 57.6 cm³/mol. The van der Waals surface area contributed by atoms with E-state index in [1.165, 1.54) is 0 Å². The first-order chi connectivity index (χ1) is 7.04. The van der Waals surface area contributed by atoms with Crippen molar-refractivity contribution < 1.29 is 13.2 Å². The average molecular weight is 218 g/mol. The monoisotopic (exact) mass is 218 g/mol. The van der Waals surface area contributed by atoms with Crippen molar-refractivity contribution in [1.82, 2.24) is 0 Å². The van der Waals surface area contributed by atoms with Gasteiger partial charge in [0.2, 0.25) is 0 Å². The zero-order valence-electron chi connectivity index (χ0n) is 9.36. The van der Waals surface area contributed by atoms with E-state index in [9.17, 15) is 13.2 Å². The van der Waals surface area contributed by atoms with Crippen LogP contribution in [-0.4, -0.2) is 6.18 Å². The molecule has 0 bridgehead atoms. The van der Waals surface area contributed by atoms with Crippen molar-refractivity contribution in [2.45, 2.75) is 39.8 Å². The fourth-order valence-electron chi connectivity index (χ4n) is 1.12. The molecule has 0 spiro atoms. The molecule has 0 unspecified atom stereocenters. The smallest absolute Gasteiger partial charge is 0.166 e. The summed E-state index contributed by atoms with van der Waals surface area (Å²) in [7, 11) is 0. The van der Waals surface area contributed by atoms with E-state index >= 15 is 0 Å². The first-order valence-electron chi connectivity index (χ1n) is 5.17. The molecule has 0 atom stereocenters. The molecular formula is C12H17F3. The van der Waals surface area contributed by atoms with Gasteiger partial charge in [-0.3, -0.25) is 0 Å². The van der Waals surface area contributed by atoms with Crippen LogP contribution in [0.25, 0.3) is 0 Å². The Morgan fingerprint density at radius 3 is 2.27 bits per heavy atom. The minimum Gasteiger partial charge on any atom is -0.166 e. The molecule has 15 heavy (non-hydrogen) atoms. The normalized spacial score (nSPS) is 15.9. The van der Waals surface area contributed by atoms with Crippen LogP contribution in [0.15, 0.2) is 35.5 Å². The number of halogens is 3. The van der Waals surface area contributed by atoms with Gasteiger partial charge in [-0.2, -0.15) is 13.2 Å². The maximum absolute atomic E-state index is 12.2. The van der Waals surface area contributed by atoms with Crippen molar-refractivity contribution in [3.05, 3.63) is 35.5 Å². The van der Waals surface area contributed by atoms with E-state index in [2.05, 4.69) is 0 Å². The van der Waals surface area contributed by atoms with Crippen molar-refractivity contribution in [2.75, 3.05) is 0 Å². The van der Waals surface area contributed by atoms with Crippen molar-refractivity contribution >= 4 is 0 Å². The van der Waals surface area contributed by atoms with E-state index in [1.54, 1.807) is 12.2 Å². The van der Waals surface area contributed by atoms with Gasteiger partial charge in [0.05, 0.1) is 5.57 Å². The molecule has 0 aromatic heterocycles. The van der Waals surface area contributed by atoms with E-state index in [1.807, 2.05) is 20.8 Å². The Kier molecular flexibility index (Phi) is 6.06. The topological polar surface area (TPSA) is 0 Å². The minimum atomic E-state index is -4.23. The molecule has 0 radical (unpaired) electrons. The van der Waals surface area contributed by atoms with Crippen molar-refractivity contribution in [2.24, 2.45) is 0 Å². The molecule has 0 aromatic carbocycles. The van der Waals surface area contributed by atoms with Gasteiger partial charge in [-0.1, -0.05) is 50.6 Å². The summed E-state index contributed by atoms with van der Waals surface area (Å²) in [6.07, 6.45) is 2.58. The Hall–Kier alpha value is -0.990. The van der Waals surface area contributed by atoms with E-state index in [0.29, 0.717) is 6.42 Å². The first kappa shape index (κ1) is 14.0. The molecule has 3 heteroatoms. The minimum absolute atomic E-state index is 0.573. The summed E-state index contributed by atoms with van der Waals surface area (Å²) in [4.78, 5) is 0. The molecule has 1 rings (SSSR count). The van der Waals surface area contributed by atoms with Crippen LogP contribution < -0.4 is 0 Å². The summed E-state index contributed by atoms with van der Waals surface area (Å²) in [6.45, 7) is 5.94. The van der Waals surface area contributed by atoms with Gasteiger partial charge in [0.15, 0.2) is 0 Å². The van der Waals surface area contributed by atoms with Gasteiger partial charge in [-0.15, -0.1) is 0 Å². The van der Waals surface area contributed by atoms with Crippen molar-refractivity contribution in [3.63, 3.8) is 0 Å². The fraction of sp³-hybridized carbons (Fsp3) is 0.500. The molecule has 0 fully saturated rings. The van der Waals surface area contributed by atoms with E-state index in [-0.39, 0.29) is 0 Å². The van der Waals surface area contributed by atoms with Gasteiger partial charge in [0, 0.05) is 0 Å². The molecule has 0 aromatic rings. The maximum Gasteiger partial charge on any atom is 0.416 e. The van der Waals surface area contributed by atoms with Crippen LogP contribution >= 0.6 is 0 Å². The van der Waals surface area contributed by atoms with Gasteiger partial charge in [-0.05, 0) is 12.8 Å². The highest BCUT2D eigenvalue weighted by Gasteiger charge is 2.31. The highest BCUT2D eigenvalue weighted by Crippen LogP contribution is 2.28. The summed E-state index contributed by atoms with van der Waals surface area (Å²) in [5.74, 6) is 0. The molecule has 1 aliphatic carbocycles. The van der Waals surface area contributed by atoms with Gasteiger partial charge in [-0.25, -0.2) is 0 Å². The van der Waals surface area contributed by atoms with Crippen LogP contribution in [0.3, 0.4) is 0 Å². The molecule has 0 N–H and O–H groups in total. The lowest BCUT2D eigenvalue weighted by Gasteiger charge is -2.04. The third kappa shape index (κ3) is 4.86. The van der Waals surface area contributed by atoms with Gasteiger partial charge in [0.25, 0.3) is 0 Å². The summed E-state index contributed by atoms with van der Waals surface area (Å²) >= 11 is 0. The summed E-state index contributed by atoms with van der Waals surface area (Å²) in [6, 6.07) is 0. The van der Waals surface area contributed by atoms with Gasteiger partial charge < -0.3 is 0 Å². The van der Waals surface area contributed by atoms with Gasteiger partial charge in [0.1, 0.15) is 0 Å². The summed E-state index contributed by atoms with van der Waals surface area (Å²) in [5, 5.41) is 0. The van der Waals surface area contributed by atoms with Crippen LogP contribution in [0.1, 0.15) is 33.6 Å². The Morgan fingerprint density at radius 2 is 1.80 bits per heavy atom. The SMILES string of the molecule is CC.CCC1=CC=C(C(F)(F)F)C=CC1. The molecule has 86 valence electrons. The number of rotatable bonds is 1. The molecule has 0 saturated heterocycles. The second-order valence-corrected chi connectivity index (χ2v) is 2.90. The highest BCUT2D eigenvalue weighted by molar-refractivity contribution is 5.33. The van der Waals surface area contributed by atoms with Crippen LogP contribution in [-0.2, 0) is 0 Å². The fourth-order valence-corrected chi connectivity index (χ4v) is 1.12. The van der Waals surface area contributed by atoms with Gasteiger partial charge >= 0.3 is 6.18 Å². The standard InChI is InChI=1S/C10H11F3.C2H6/c1-2-8-4-3-5-9(7-6-8)10(11,12)13;1-2/h3,5-7H,2,4H2,1H3;1-2H3. The van der Waals surface area contributed by atoms with E-state index in [4.69, 9.17) is 0 Å². The number of allylic oxidation sites excluding steroid dienone is 6. The quantitative estimate of drug-likeness (QED) is 0.593. The zero-order valence-corrected chi connectivity index (χ0v) is 9.36. The predicted octanol–water partition coefficient (Wildman–Crippen LogP) is 4.80. The lowest BCUT2D eigenvalue weighted by molar-refractivity contribution is -0.0881. The lowest BCUT2D eigenvalue weighted by Crippen LogP contribution is -2.09. The Morgan fingerprint density at radius 1 is 1.20 bits per heavy atom. The Labute approximate surface area is 89.2 Å². The molecule has 0 saturated carbocycles. The molecule has 0 amide bonds. The van der Waals surface area contributed by atoms with Crippen LogP contribution in [0.5, 0.6) is 0 Å². The number of hydrogen-bond donors (Lipinski definition) is 0. The second kappa shape index (κ2) is 6.49. The van der Waals surface area contributed by atoms with Crippen molar-refractivity contribution in [3.8, 4) is 0 Å². The Balaban J connectivity index is 0.000000921. The average Bonchev–Trinajstić information content (AvgIpc) is 2.44. The van der Waals surface area contributed by atoms with Crippen LogP contribution in [0, 0.1) is 0 Å². The van der Waals surface area contributed by atoms with Crippen molar-refractivity contribution in [1.29, 1.82) is 0 Å². The molecule has 0 aliphatic heterocycles. The Bertz CT molecular complexity index is 267. The molecular weight excluding hydrogens is 201 g/mol. The third-order valence-electron chi connectivity index (χ3n) is 1.96.